The number of terminal acetylenes is 1. The van der Waals surface area contributed by atoms with Crippen molar-refractivity contribution in [2.75, 3.05) is 25.1 Å². The van der Waals surface area contributed by atoms with Gasteiger partial charge in [-0.15, -0.1) is 18.9 Å². The Balaban J connectivity index is 1.85. The van der Waals surface area contributed by atoms with E-state index in [1.807, 2.05) is 13.8 Å². The number of carbonyl (C=O) groups excluding carboxylic acids is 5. The molecule has 3 fully saturated rings. The zero-order chi connectivity index (χ0) is 34.7. The molecular formula is C33H51N5O7S. The number of amides is 5. The Bertz CT molecular complexity index is 1370. The van der Waals surface area contributed by atoms with Crippen LogP contribution in [0.3, 0.4) is 0 Å². The fourth-order valence-electron chi connectivity index (χ4n) is 7.24. The first-order chi connectivity index (χ1) is 21.3. The maximum Gasteiger partial charge on any atom is 0.315 e. The molecule has 1 aliphatic heterocycles. The lowest BCUT2D eigenvalue weighted by Crippen LogP contribution is -2.63. The number of piperidine rings is 1. The molecule has 4 N–H and O–H groups in total. The van der Waals surface area contributed by atoms with Crippen molar-refractivity contribution >= 4 is 39.4 Å². The highest BCUT2D eigenvalue weighted by Gasteiger charge is 2.70. The molecule has 13 heteroatoms. The molecule has 0 aromatic heterocycles. The Hall–Kier alpha value is -3.40. The number of likely N-dealkylation sites (tertiary alicyclic amines) is 1. The van der Waals surface area contributed by atoms with Crippen LogP contribution in [0.15, 0.2) is 12.7 Å². The third-order valence-corrected chi connectivity index (χ3v) is 10.8. The third-order valence-electron chi connectivity index (χ3n) is 9.72. The molecule has 0 aromatic rings. The number of rotatable bonds is 13. The maximum absolute atomic E-state index is 14.3. The molecule has 3 rings (SSSR count). The minimum atomic E-state index is -3.40. The topological polar surface area (TPSA) is 171 Å². The maximum atomic E-state index is 14.3. The monoisotopic (exact) mass is 661 g/mol. The first kappa shape index (κ1) is 37.1. The van der Waals surface area contributed by atoms with Gasteiger partial charge in [-0.25, -0.2) is 13.2 Å². The number of nitrogens with one attached hydrogen (secondary N) is 4. The van der Waals surface area contributed by atoms with Crippen LogP contribution in [-0.2, 0) is 29.0 Å². The van der Waals surface area contributed by atoms with Crippen LogP contribution < -0.4 is 21.3 Å². The summed E-state index contributed by atoms with van der Waals surface area (Å²) in [4.78, 5) is 68.6. The summed E-state index contributed by atoms with van der Waals surface area (Å²) in [6.45, 7) is 13.3. The van der Waals surface area contributed by atoms with Gasteiger partial charge in [0.2, 0.25) is 17.6 Å². The van der Waals surface area contributed by atoms with Gasteiger partial charge in [-0.2, -0.15) is 0 Å². The van der Waals surface area contributed by atoms with E-state index in [4.69, 9.17) is 6.42 Å². The van der Waals surface area contributed by atoms with Crippen molar-refractivity contribution in [2.45, 2.75) is 103 Å². The largest absolute Gasteiger partial charge is 0.346 e. The van der Waals surface area contributed by atoms with Crippen molar-refractivity contribution in [2.24, 2.45) is 22.7 Å². The molecule has 256 valence electrons. The van der Waals surface area contributed by atoms with Crippen LogP contribution in [0.5, 0.6) is 0 Å². The van der Waals surface area contributed by atoms with Crippen LogP contribution in [0.25, 0.3) is 0 Å². The molecule has 0 aromatic carbocycles. The van der Waals surface area contributed by atoms with Gasteiger partial charge in [0, 0.05) is 25.8 Å². The summed E-state index contributed by atoms with van der Waals surface area (Å²) >= 11 is 0. The smallest absolute Gasteiger partial charge is 0.315 e. The summed E-state index contributed by atoms with van der Waals surface area (Å²) in [7, 11) is -3.40. The fraction of sp³-hybridized carbons (Fsp3) is 0.727. The molecule has 3 aliphatic rings. The predicted octanol–water partition coefficient (Wildman–Crippen LogP) is 1.70. The molecule has 5 amide bonds. The molecule has 0 spiro atoms. The zero-order valence-electron chi connectivity index (χ0n) is 28.0. The number of ketones is 1. The standard InChI is InChI=1S/C33H51N5O7S/c1-9-11-15-22(25(39)28(41)34-18-10-2)35-27(40)24-23-21(32(23,6)7)19-38(24)29(42)26(31(3,4)5)36-30(43)37-33(20-46(8,44)45)16-13-12-14-17-33/h1,10,21-24,26H,2,11-20H2,3-8H3,(H,34,41)(H,35,40)(H2,36,37,43)/t21?,22?,23?,24?,26-/m1/s1. The summed E-state index contributed by atoms with van der Waals surface area (Å²) in [5, 5.41) is 10.9. The normalized spacial score (nSPS) is 24.3. The third kappa shape index (κ3) is 8.69. The molecular weight excluding hydrogens is 610 g/mol. The van der Waals surface area contributed by atoms with Crippen molar-refractivity contribution in [3.8, 4) is 12.3 Å². The van der Waals surface area contributed by atoms with Crippen molar-refractivity contribution in [3.63, 3.8) is 0 Å². The number of nitrogens with zero attached hydrogens (tertiary/aromatic N) is 1. The Labute approximate surface area is 273 Å². The number of fused-ring (bicyclic) bond motifs is 1. The molecule has 1 saturated heterocycles. The molecule has 2 saturated carbocycles. The van der Waals surface area contributed by atoms with Gasteiger partial charge >= 0.3 is 6.03 Å². The highest BCUT2D eigenvalue weighted by atomic mass is 32.2. The fourth-order valence-corrected chi connectivity index (χ4v) is 8.60. The van der Waals surface area contributed by atoms with E-state index in [0.29, 0.717) is 12.8 Å². The van der Waals surface area contributed by atoms with E-state index in [9.17, 15) is 32.4 Å². The highest BCUT2D eigenvalue weighted by Crippen LogP contribution is 2.65. The van der Waals surface area contributed by atoms with E-state index in [0.717, 1.165) is 25.5 Å². The molecule has 4 unspecified atom stereocenters. The summed E-state index contributed by atoms with van der Waals surface area (Å²) in [6, 6.07) is -3.81. The number of hydrogen-bond donors (Lipinski definition) is 4. The summed E-state index contributed by atoms with van der Waals surface area (Å²) in [5.74, 6) is -0.665. The van der Waals surface area contributed by atoms with Crippen LogP contribution >= 0.6 is 0 Å². The second kappa shape index (κ2) is 14.2. The van der Waals surface area contributed by atoms with E-state index >= 15 is 0 Å². The predicted molar refractivity (Wildman–Crippen MR) is 175 cm³/mol. The summed E-state index contributed by atoms with van der Waals surface area (Å²) in [5.41, 5.74) is -1.94. The first-order valence-corrected chi connectivity index (χ1v) is 18.1. The molecule has 0 radical (unpaired) electrons. The van der Waals surface area contributed by atoms with Crippen LogP contribution in [-0.4, -0.2) is 91.6 Å². The molecule has 1 heterocycles. The number of Topliss-reactive ketones (excluding diaryl/α,β-unsaturated/α-hetero) is 1. The Kier molecular flexibility index (Phi) is 11.4. The van der Waals surface area contributed by atoms with Crippen LogP contribution in [0.1, 0.15) is 79.6 Å². The number of sulfone groups is 1. The minimum Gasteiger partial charge on any atom is -0.346 e. The van der Waals surface area contributed by atoms with Crippen LogP contribution in [0, 0.1) is 35.0 Å². The Morgan fingerprint density at radius 3 is 2.26 bits per heavy atom. The lowest BCUT2D eigenvalue weighted by molar-refractivity contribution is -0.145. The second-order valence-electron chi connectivity index (χ2n) is 14.9. The van der Waals surface area contributed by atoms with E-state index in [1.54, 1.807) is 20.8 Å². The molecule has 2 aliphatic carbocycles. The summed E-state index contributed by atoms with van der Waals surface area (Å²) < 4.78 is 24.5. The second-order valence-corrected chi connectivity index (χ2v) is 17.0. The number of carbonyl (C=O) groups is 5. The quantitative estimate of drug-likeness (QED) is 0.132. The van der Waals surface area contributed by atoms with E-state index < -0.39 is 68.5 Å². The average Bonchev–Trinajstić information content (AvgIpc) is 3.26. The van der Waals surface area contributed by atoms with Gasteiger partial charge in [0.25, 0.3) is 5.91 Å². The van der Waals surface area contributed by atoms with E-state index in [2.05, 4.69) is 33.8 Å². The number of hydrogen-bond acceptors (Lipinski definition) is 7. The van der Waals surface area contributed by atoms with E-state index in [-0.39, 0.29) is 48.9 Å². The van der Waals surface area contributed by atoms with Crippen molar-refractivity contribution in [1.29, 1.82) is 0 Å². The lowest BCUT2D eigenvalue weighted by atomic mass is 9.83. The highest BCUT2D eigenvalue weighted by molar-refractivity contribution is 7.90. The summed E-state index contributed by atoms with van der Waals surface area (Å²) in [6.07, 6.45) is 11.7. The average molecular weight is 662 g/mol. The zero-order valence-corrected chi connectivity index (χ0v) is 28.8. The van der Waals surface area contributed by atoms with Crippen molar-refractivity contribution < 1.29 is 32.4 Å². The van der Waals surface area contributed by atoms with Gasteiger partial charge in [0.15, 0.2) is 0 Å². The SMILES string of the molecule is C#CCCC(NC(=O)C1C2C(CN1C(=O)[C@@H](NC(=O)NC1(CS(C)(=O)=O)CCCCC1)C(C)(C)C)C2(C)C)C(=O)C(=O)NCC=C. The lowest BCUT2D eigenvalue weighted by Gasteiger charge is -2.40. The minimum absolute atomic E-state index is 0.0256. The van der Waals surface area contributed by atoms with E-state index in [1.165, 1.54) is 11.0 Å². The Morgan fingerprint density at radius 1 is 1.09 bits per heavy atom. The van der Waals surface area contributed by atoms with Gasteiger partial charge in [-0.05, 0) is 41.9 Å². The number of urea groups is 1. The van der Waals surface area contributed by atoms with Gasteiger partial charge in [-0.3, -0.25) is 19.2 Å². The van der Waals surface area contributed by atoms with Gasteiger partial charge < -0.3 is 26.2 Å². The molecule has 12 nitrogen and oxygen atoms in total. The molecule has 0 bridgehead atoms. The van der Waals surface area contributed by atoms with Crippen molar-refractivity contribution in [3.05, 3.63) is 12.7 Å². The van der Waals surface area contributed by atoms with Gasteiger partial charge in [-0.1, -0.05) is 60.0 Å². The van der Waals surface area contributed by atoms with Gasteiger partial charge in [0.1, 0.15) is 21.9 Å². The molecule has 46 heavy (non-hydrogen) atoms. The molecule has 5 atom stereocenters. The van der Waals surface area contributed by atoms with Gasteiger partial charge in [0.05, 0.1) is 17.3 Å². The van der Waals surface area contributed by atoms with Crippen molar-refractivity contribution in [1.82, 2.24) is 26.2 Å². The Morgan fingerprint density at radius 2 is 1.72 bits per heavy atom. The first-order valence-electron chi connectivity index (χ1n) is 16.0. The van der Waals surface area contributed by atoms with Crippen LogP contribution in [0.2, 0.25) is 0 Å². The van der Waals surface area contributed by atoms with Crippen LogP contribution in [0.4, 0.5) is 4.79 Å².